The van der Waals surface area contributed by atoms with E-state index in [4.69, 9.17) is 18.9 Å². The molecule has 5 rings (SSSR count). The van der Waals surface area contributed by atoms with Crippen molar-refractivity contribution in [2.75, 3.05) is 0 Å². The third kappa shape index (κ3) is 5.65. The van der Waals surface area contributed by atoms with Crippen molar-refractivity contribution in [3.05, 3.63) is 47.5 Å². The van der Waals surface area contributed by atoms with E-state index in [1.165, 1.54) is 19.1 Å². The second kappa shape index (κ2) is 11.6. The van der Waals surface area contributed by atoms with Crippen LogP contribution < -0.4 is 4.74 Å². The number of ether oxygens (including phenoxy) is 4. The van der Waals surface area contributed by atoms with Crippen molar-refractivity contribution in [1.82, 2.24) is 0 Å². The Labute approximate surface area is 239 Å². The zero-order valence-electron chi connectivity index (χ0n) is 22.4. The normalized spacial score (nSPS) is 37.9. The molecule has 14 heteroatoms. The van der Waals surface area contributed by atoms with E-state index in [9.17, 15) is 50.8 Å². The molecule has 1 spiro atoms. The number of phenols is 3. The zero-order valence-corrected chi connectivity index (χ0v) is 22.4. The van der Waals surface area contributed by atoms with Crippen LogP contribution in [0.25, 0.3) is 0 Å². The first-order chi connectivity index (χ1) is 19.8. The Balaban J connectivity index is 1.35. The maximum atomic E-state index is 12.8. The predicted molar refractivity (Wildman–Crippen MR) is 139 cm³/mol. The molecule has 2 heterocycles. The first kappa shape index (κ1) is 30.4. The summed E-state index contributed by atoms with van der Waals surface area (Å²) in [5.74, 6) is -1.97. The number of rotatable bonds is 8. The van der Waals surface area contributed by atoms with Crippen LogP contribution in [0.2, 0.25) is 0 Å². The second-order valence-corrected chi connectivity index (χ2v) is 10.9. The average Bonchev–Trinajstić information content (AvgIpc) is 3.59. The fraction of sp³-hybridized carbons (Fsp3) is 0.536. The van der Waals surface area contributed by atoms with Crippen LogP contribution in [0.5, 0.6) is 23.0 Å². The minimum Gasteiger partial charge on any atom is -0.508 e. The molecule has 0 radical (unpaired) electrons. The van der Waals surface area contributed by atoms with Gasteiger partial charge >= 0.3 is 0 Å². The second-order valence-electron chi connectivity index (χ2n) is 10.9. The lowest BCUT2D eigenvalue weighted by atomic mass is 9.95. The molecule has 11 atom stereocenters. The maximum absolute atomic E-state index is 12.8. The summed E-state index contributed by atoms with van der Waals surface area (Å²) in [6.45, 7) is 1.42. The van der Waals surface area contributed by atoms with Crippen LogP contribution in [0.15, 0.2) is 36.4 Å². The van der Waals surface area contributed by atoms with Gasteiger partial charge in [0, 0.05) is 25.0 Å². The highest BCUT2D eigenvalue weighted by Gasteiger charge is 2.68. The smallest absolute Gasteiger partial charge is 0.229 e. The molecule has 42 heavy (non-hydrogen) atoms. The third-order valence-electron chi connectivity index (χ3n) is 7.96. The van der Waals surface area contributed by atoms with Crippen LogP contribution in [-0.4, -0.2) is 119 Å². The van der Waals surface area contributed by atoms with Gasteiger partial charge in [0.25, 0.3) is 0 Å². The van der Waals surface area contributed by atoms with Gasteiger partial charge in [0.2, 0.25) is 6.29 Å². The van der Waals surface area contributed by atoms with Crippen molar-refractivity contribution in [1.29, 1.82) is 0 Å². The number of hydrogen-bond acceptors (Lipinski definition) is 14. The van der Waals surface area contributed by atoms with Gasteiger partial charge in [0.15, 0.2) is 18.2 Å². The van der Waals surface area contributed by atoms with Gasteiger partial charge in [-0.2, -0.15) is 0 Å². The fourth-order valence-electron chi connectivity index (χ4n) is 5.31. The molecule has 1 saturated carbocycles. The lowest BCUT2D eigenvalue weighted by Crippen LogP contribution is -2.65. The number of hydrogen-bond donors (Lipinski definition) is 9. The molecular weight excluding hydrogens is 560 g/mol. The Kier molecular flexibility index (Phi) is 8.37. The van der Waals surface area contributed by atoms with Crippen LogP contribution in [0, 0.1) is 0 Å². The molecule has 3 aliphatic rings. The minimum atomic E-state index is -1.76. The molecule has 0 bridgehead atoms. The molecule has 1 aliphatic carbocycles. The predicted octanol–water partition coefficient (Wildman–Crippen LogP) is -1.21. The molecule has 0 aromatic heterocycles. The number of aromatic hydroxyl groups is 3. The summed E-state index contributed by atoms with van der Waals surface area (Å²) in [5, 5.41) is 92.9. The maximum Gasteiger partial charge on any atom is 0.229 e. The van der Waals surface area contributed by atoms with Crippen molar-refractivity contribution >= 4 is 5.78 Å². The fourth-order valence-corrected chi connectivity index (χ4v) is 5.31. The van der Waals surface area contributed by atoms with Crippen LogP contribution in [0.1, 0.15) is 35.7 Å². The van der Waals surface area contributed by atoms with E-state index in [1.54, 1.807) is 12.1 Å². The van der Waals surface area contributed by atoms with Crippen molar-refractivity contribution < 1.29 is 69.7 Å². The standard InChI is InChI=1S/C28H34O14/c1-11-20(34)21(35)22(36)26(39-11)41-24-23(37)25(38)28(10-18(28)33)42-27(24)40-14-8-16(31)19(17(32)9-14)15(30)7-4-12-2-5-13(29)6-3-12/h2-3,5-6,8-9,11,18,20-27,29,31-38H,4,7,10H2,1H3/t11-,18+,20-,21+,22+,23+,24+,25-,26-,27+,28?/m0/s1. The number of benzene rings is 2. The number of carbonyl (C=O) groups is 1. The molecule has 2 aliphatic heterocycles. The van der Waals surface area contributed by atoms with Crippen LogP contribution >= 0.6 is 0 Å². The van der Waals surface area contributed by atoms with Crippen molar-refractivity contribution in [3.8, 4) is 23.0 Å². The number of ketones is 1. The van der Waals surface area contributed by atoms with E-state index in [-0.39, 0.29) is 36.3 Å². The summed E-state index contributed by atoms with van der Waals surface area (Å²) < 4.78 is 22.7. The molecule has 2 aromatic rings. The lowest BCUT2D eigenvalue weighted by Gasteiger charge is -2.46. The Hall–Kier alpha value is -3.05. The average molecular weight is 595 g/mol. The van der Waals surface area contributed by atoms with E-state index in [0.29, 0.717) is 0 Å². The van der Waals surface area contributed by atoms with E-state index < -0.39 is 84.3 Å². The van der Waals surface area contributed by atoms with Crippen molar-refractivity contribution in [2.45, 2.75) is 93.2 Å². The molecule has 3 fully saturated rings. The number of carbonyl (C=O) groups excluding carboxylic acids is 1. The molecule has 2 saturated heterocycles. The Morgan fingerprint density at radius 2 is 1.52 bits per heavy atom. The third-order valence-corrected chi connectivity index (χ3v) is 7.96. The van der Waals surface area contributed by atoms with Gasteiger partial charge in [-0.15, -0.1) is 0 Å². The summed E-state index contributed by atoms with van der Waals surface area (Å²) in [5.41, 5.74) is -1.21. The molecule has 9 N–H and O–H groups in total. The minimum absolute atomic E-state index is 0.0483. The summed E-state index contributed by atoms with van der Waals surface area (Å²) in [6, 6.07) is 8.26. The van der Waals surface area contributed by atoms with Crippen LogP contribution in [0.3, 0.4) is 0 Å². The summed E-state index contributed by atoms with van der Waals surface area (Å²) in [6.07, 6.45) is -15.1. The summed E-state index contributed by atoms with van der Waals surface area (Å²) in [4.78, 5) is 12.8. The van der Waals surface area contributed by atoms with Gasteiger partial charge in [-0.25, -0.2) is 0 Å². The topological polar surface area (TPSA) is 236 Å². The number of aryl methyl sites for hydroxylation is 1. The molecule has 1 unspecified atom stereocenters. The monoisotopic (exact) mass is 594 g/mol. The van der Waals surface area contributed by atoms with Gasteiger partial charge in [0.05, 0.1) is 12.2 Å². The number of phenolic OH excluding ortho intramolecular Hbond substituents is 3. The highest BCUT2D eigenvalue weighted by molar-refractivity contribution is 6.01. The Morgan fingerprint density at radius 1 is 0.905 bits per heavy atom. The summed E-state index contributed by atoms with van der Waals surface area (Å²) in [7, 11) is 0. The Bertz CT molecular complexity index is 1260. The first-order valence-corrected chi connectivity index (χ1v) is 13.4. The van der Waals surface area contributed by atoms with E-state index >= 15 is 0 Å². The molecule has 230 valence electrons. The van der Waals surface area contributed by atoms with Gasteiger partial charge in [-0.3, -0.25) is 4.79 Å². The zero-order chi connectivity index (χ0) is 30.5. The van der Waals surface area contributed by atoms with Crippen LogP contribution in [0.4, 0.5) is 0 Å². The summed E-state index contributed by atoms with van der Waals surface area (Å²) >= 11 is 0. The van der Waals surface area contributed by atoms with Crippen LogP contribution in [-0.2, 0) is 20.6 Å². The van der Waals surface area contributed by atoms with Gasteiger partial charge in [0.1, 0.15) is 64.7 Å². The first-order valence-electron chi connectivity index (χ1n) is 13.4. The molecule has 2 aromatic carbocycles. The lowest BCUT2D eigenvalue weighted by molar-refractivity contribution is -0.359. The number of aliphatic hydroxyl groups is 6. The highest BCUT2D eigenvalue weighted by atomic mass is 16.8. The van der Waals surface area contributed by atoms with E-state index in [0.717, 1.165) is 17.7 Å². The van der Waals surface area contributed by atoms with Gasteiger partial charge in [-0.1, -0.05) is 12.1 Å². The Morgan fingerprint density at radius 3 is 2.12 bits per heavy atom. The quantitative estimate of drug-likeness (QED) is 0.163. The van der Waals surface area contributed by atoms with Gasteiger partial charge < -0.3 is 64.9 Å². The highest BCUT2D eigenvalue weighted by Crippen LogP contribution is 2.50. The van der Waals surface area contributed by atoms with Crippen molar-refractivity contribution in [3.63, 3.8) is 0 Å². The van der Waals surface area contributed by atoms with E-state index in [2.05, 4.69) is 0 Å². The molecule has 0 amide bonds. The molecule has 14 nitrogen and oxygen atoms in total. The van der Waals surface area contributed by atoms with E-state index in [1.807, 2.05) is 0 Å². The van der Waals surface area contributed by atoms with Crippen molar-refractivity contribution in [2.24, 2.45) is 0 Å². The largest absolute Gasteiger partial charge is 0.508 e. The van der Waals surface area contributed by atoms with Gasteiger partial charge in [-0.05, 0) is 31.0 Å². The molecular formula is C28H34O14. The number of Topliss-reactive ketones (excluding diaryl/α,β-unsaturated/α-hetero) is 1. The number of aliphatic hydroxyl groups excluding tert-OH is 6. The SMILES string of the molecule is C[C@@H]1O[C@@H](O[C@H]2[C@H](Oc3cc(O)c(C(=O)CCc4ccc(O)cc4)c(O)c3)OC3(C[C@H]3O)[C@@H](O)[C@@H]2O)[C@H](O)[C@H](O)[C@H]1O.